The molecule has 0 spiro atoms. The second-order valence-electron chi connectivity index (χ2n) is 5.95. The van der Waals surface area contributed by atoms with E-state index in [-0.39, 0.29) is 18.2 Å². The monoisotopic (exact) mass is 328 g/mol. The second-order valence-corrected chi connectivity index (χ2v) is 5.95. The minimum Gasteiger partial charge on any atom is -0.384 e. The summed E-state index contributed by atoms with van der Waals surface area (Å²) in [6, 6.07) is 4.43. The lowest BCUT2D eigenvalue weighted by Gasteiger charge is -2.23. The molecule has 1 N–H and O–H groups in total. The molecule has 1 aliphatic rings. The summed E-state index contributed by atoms with van der Waals surface area (Å²) in [7, 11) is 0. The standard InChI is InChI=1S/C14H15F3N4O2/c1-13(23,9-3-2-4-10(7-9)14(15,16)17)8-20-12(22)21(19-18-20)11-5-6-11/h2-4,7,11,23H,5-6,8H2,1H3. The lowest BCUT2D eigenvalue weighted by molar-refractivity contribution is -0.137. The van der Waals surface area contributed by atoms with Gasteiger partial charge in [-0.3, -0.25) is 0 Å². The average Bonchev–Trinajstić information content (AvgIpc) is 3.25. The number of tetrazole rings is 1. The fourth-order valence-corrected chi connectivity index (χ4v) is 2.35. The molecule has 2 aromatic rings. The first kappa shape index (κ1) is 15.7. The zero-order valence-corrected chi connectivity index (χ0v) is 12.3. The molecule has 23 heavy (non-hydrogen) atoms. The summed E-state index contributed by atoms with van der Waals surface area (Å²) < 4.78 is 40.6. The molecule has 1 aromatic heterocycles. The molecule has 1 saturated carbocycles. The quantitative estimate of drug-likeness (QED) is 0.927. The van der Waals surface area contributed by atoms with E-state index in [2.05, 4.69) is 10.4 Å². The van der Waals surface area contributed by atoms with Gasteiger partial charge in [0.1, 0.15) is 5.60 Å². The van der Waals surface area contributed by atoms with Gasteiger partial charge in [0.25, 0.3) is 0 Å². The van der Waals surface area contributed by atoms with E-state index >= 15 is 0 Å². The van der Waals surface area contributed by atoms with Crippen LogP contribution in [0.2, 0.25) is 0 Å². The van der Waals surface area contributed by atoms with Crippen LogP contribution in [0.4, 0.5) is 13.2 Å². The van der Waals surface area contributed by atoms with Crippen LogP contribution in [-0.2, 0) is 18.3 Å². The van der Waals surface area contributed by atoms with E-state index < -0.39 is 23.0 Å². The van der Waals surface area contributed by atoms with Crippen molar-refractivity contribution in [2.45, 2.75) is 44.1 Å². The number of aromatic nitrogens is 4. The SMILES string of the molecule is CC(O)(Cn1nnn(C2CC2)c1=O)c1cccc(C(F)(F)F)c1. The van der Waals surface area contributed by atoms with Crippen molar-refractivity contribution in [1.29, 1.82) is 0 Å². The molecule has 0 aliphatic heterocycles. The number of halogens is 3. The molecule has 0 bridgehead atoms. The van der Waals surface area contributed by atoms with E-state index in [1.807, 2.05) is 0 Å². The number of hydrogen-bond donors (Lipinski definition) is 1. The third-order valence-corrected chi connectivity index (χ3v) is 3.82. The van der Waals surface area contributed by atoms with E-state index in [1.54, 1.807) is 0 Å². The van der Waals surface area contributed by atoms with Gasteiger partial charge < -0.3 is 5.11 Å². The summed E-state index contributed by atoms with van der Waals surface area (Å²) in [5, 5.41) is 17.9. The summed E-state index contributed by atoms with van der Waals surface area (Å²) in [5.41, 5.74) is -2.96. The van der Waals surface area contributed by atoms with Crippen molar-refractivity contribution in [2.24, 2.45) is 0 Å². The maximum absolute atomic E-state index is 12.8. The lowest BCUT2D eigenvalue weighted by Crippen LogP contribution is -2.35. The zero-order valence-electron chi connectivity index (χ0n) is 12.3. The topological polar surface area (TPSA) is 72.9 Å². The third kappa shape index (κ3) is 3.14. The highest BCUT2D eigenvalue weighted by molar-refractivity contribution is 5.29. The van der Waals surface area contributed by atoms with Crippen molar-refractivity contribution >= 4 is 0 Å². The number of nitrogens with zero attached hydrogens (tertiary/aromatic N) is 4. The van der Waals surface area contributed by atoms with E-state index in [9.17, 15) is 23.1 Å². The predicted octanol–water partition coefficient (Wildman–Crippen LogP) is 1.70. The van der Waals surface area contributed by atoms with Gasteiger partial charge in [-0.1, -0.05) is 12.1 Å². The number of aliphatic hydroxyl groups is 1. The van der Waals surface area contributed by atoms with Gasteiger partial charge in [0.15, 0.2) is 0 Å². The van der Waals surface area contributed by atoms with Gasteiger partial charge in [-0.15, -0.1) is 0 Å². The van der Waals surface area contributed by atoms with Crippen LogP contribution in [0.15, 0.2) is 29.1 Å². The Kier molecular flexibility index (Phi) is 3.55. The lowest BCUT2D eigenvalue weighted by atomic mass is 9.94. The highest BCUT2D eigenvalue weighted by Crippen LogP contribution is 2.33. The van der Waals surface area contributed by atoms with Gasteiger partial charge in [0.2, 0.25) is 0 Å². The van der Waals surface area contributed by atoms with E-state index in [0.717, 1.165) is 29.7 Å². The Morgan fingerprint density at radius 1 is 1.26 bits per heavy atom. The van der Waals surface area contributed by atoms with E-state index in [0.29, 0.717) is 0 Å². The van der Waals surface area contributed by atoms with Crippen molar-refractivity contribution in [1.82, 2.24) is 19.8 Å². The normalized spacial score (nSPS) is 18.0. The van der Waals surface area contributed by atoms with Gasteiger partial charge in [0, 0.05) is 0 Å². The molecule has 1 fully saturated rings. The molecular weight excluding hydrogens is 313 g/mol. The molecule has 6 nitrogen and oxygen atoms in total. The minimum absolute atomic E-state index is 0.0368. The summed E-state index contributed by atoms with van der Waals surface area (Å²) in [5.74, 6) is 0. The first-order chi connectivity index (χ1) is 10.7. The maximum atomic E-state index is 12.8. The molecule has 1 heterocycles. The third-order valence-electron chi connectivity index (χ3n) is 3.82. The first-order valence-corrected chi connectivity index (χ1v) is 7.11. The summed E-state index contributed by atoms with van der Waals surface area (Å²) in [6.07, 6.45) is -2.80. The molecule has 124 valence electrons. The summed E-state index contributed by atoms with van der Waals surface area (Å²) in [6.45, 7) is 1.06. The van der Waals surface area contributed by atoms with Gasteiger partial charge in [-0.2, -0.15) is 22.5 Å². The highest BCUT2D eigenvalue weighted by atomic mass is 19.4. The van der Waals surface area contributed by atoms with E-state index in [4.69, 9.17) is 0 Å². The Morgan fingerprint density at radius 3 is 2.52 bits per heavy atom. The fraction of sp³-hybridized carbons (Fsp3) is 0.500. The van der Waals surface area contributed by atoms with Gasteiger partial charge >= 0.3 is 11.9 Å². The molecule has 0 amide bonds. The Balaban J connectivity index is 1.88. The maximum Gasteiger partial charge on any atom is 0.416 e. The number of alkyl halides is 3. The van der Waals surface area contributed by atoms with Crippen LogP contribution >= 0.6 is 0 Å². The van der Waals surface area contributed by atoms with E-state index in [1.165, 1.54) is 23.7 Å². The van der Waals surface area contributed by atoms with Crippen LogP contribution in [0.5, 0.6) is 0 Å². The molecule has 1 unspecified atom stereocenters. The van der Waals surface area contributed by atoms with Crippen molar-refractivity contribution < 1.29 is 18.3 Å². The molecule has 3 rings (SSSR count). The number of hydrogen-bond acceptors (Lipinski definition) is 4. The van der Waals surface area contributed by atoms with Crippen LogP contribution in [0.1, 0.15) is 36.9 Å². The average molecular weight is 328 g/mol. The molecule has 1 atom stereocenters. The Morgan fingerprint density at radius 2 is 1.91 bits per heavy atom. The molecule has 0 saturated heterocycles. The largest absolute Gasteiger partial charge is 0.416 e. The first-order valence-electron chi connectivity index (χ1n) is 7.11. The van der Waals surface area contributed by atoms with Crippen molar-refractivity contribution in [2.75, 3.05) is 0 Å². The molecule has 1 aromatic carbocycles. The van der Waals surface area contributed by atoms with Crippen molar-refractivity contribution in [3.63, 3.8) is 0 Å². The van der Waals surface area contributed by atoms with Gasteiger partial charge in [-0.05, 0) is 47.9 Å². The molecule has 1 aliphatic carbocycles. The zero-order chi connectivity index (χ0) is 16.8. The van der Waals surface area contributed by atoms with Gasteiger partial charge in [0.05, 0.1) is 18.2 Å². The van der Waals surface area contributed by atoms with Gasteiger partial charge in [-0.25, -0.2) is 4.79 Å². The summed E-state index contributed by atoms with van der Waals surface area (Å²) >= 11 is 0. The second kappa shape index (κ2) is 5.19. The Hall–Kier alpha value is -2.16. The molecule has 9 heteroatoms. The number of rotatable bonds is 4. The van der Waals surface area contributed by atoms with Crippen LogP contribution in [0, 0.1) is 0 Å². The van der Waals surface area contributed by atoms with Crippen LogP contribution in [0.25, 0.3) is 0 Å². The highest BCUT2D eigenvalue weighted by Gasteiger charge is 2.34. The Bertz CT molecular complexity index is 775. The Labute approximate surface area is 129 Å². The fourth-order valence-electron chi connectivity index (χ4n) is 2.35. The molecular formula is C14H15F3N4O2. The molecule has 0 radical (unpaired) electrons. The minimum atomic E-state index is -4.50. The van der Waals surface area contributed by atoms with Crippen LogP contribution < -0.4 is 5.69 Å². The van der Waals surface area contributed by atoms with Crippen molar-refractivity contribution in [3.05, 3.63) is 45.9 Å². The summed E-state index contributed by atoms with van der Waals surface area (Å²) in [4.78, 5) is 12.1. The van der Waals surface area contributed by atoms with Crippen LogP contribution in [-0.4, -0.2) is 24.9 Å². The predicted molar refractivity (Wildman–Crippen MR) is 73.6 cm³/mol. The van der Waals surface area contributed by atoms with Crippen LogP contribution in [0.3, 0.4) is 0 Å². The number of benzene rings is 1. The van der Waals surface area contributed by atoms with Crippen molar-refractivity contribution in [3.8, 4) is 0 Å². The smallest absolute Gasteiger partial charge is 0.384 e.